The molecule has 3 nitrogen and oxygen atoms in total. The molecule has 1 heterocycles. The number of hydrogen-bond donors (Lipinski definition) is 1. The van der Waals surface area contributed by atoms with E-state index < -0.39 is 0 Å². The number of nitrogens with one attached hydrogen (secondary N) is 1. The van der Waals surface area contributed by atoms with E-state index in [1.54, 1.807) is 30.3 Å². The smallest absolute Gasteiger partial charge is 0.257 e. The van der Waals surface area contributed by atoms with Crippen molar-refractivity contribution in [1.29, 1.82) is 0 Å². The molecule has 0 aliphatic rings. The fourth-order valence-corrected chi connectivity index (χ4v) is 2.25. The van der Waals surface area contributed by atoms with Gasteiger partial charge in [-0.25, -0.2) is 4.98 Å². The van der Waals surface area contributed by atoms with Gasteiger partial charge in [-0.05, 0) is 46.3 Å². The van der Waals surface area contributed by atoms with Gasteiger partial charge in [-0.1, -0.05) is 27.5 Å². The summed E-state index contributed by atoms with van der Waals surface area (Å²) in [6.07, 6.45) is 1.49. The number of pyridine rings is 1. The van der Waals surface area contributed by atoms with Crippen LogP contribution in [-0.4, -0.2) is 10.9 Å². The first-order valence-electron chi connectivity index (χ1n) is 4.94. The first-order chi connectivity index (χ1) is 8.56. The summed E-state index contributed by atoms with van der Waals surface area (Å²) in [7, 11) is 0. The highest BCUT2D eigenvalue weighted by atomic mass is 79.9. The molecule has 1 N–H and O–H groups in total. The average Bonchev–Trinajstić information content (AvgIpc) is 2.33. The van der Waals surface area contributed by atoms with Gasteiger partial charge in [0.1, 0.15) is 4.60 Å². The van der Waals surface area contributed by atoms with E-state index >= 15 is 0 Å². The van der Waals surface area contributed by atoms with Crippen LogP contribution < -0.4 is 5.32 Å². The summed E-state index contributed by atoms with van der Waals surface area (Å²) in [4.78, 5) is 15.9. The Morgan fingerprint density at radius 3 is 2.61 bits per heavy atom. The van der Waals surface area contributed by atoms with Crippen LogP contribution in [0.1, 0.15) is 10.4 Å². The van der Waals surface area contributed by atoms with Crippen molar-refractivity contribution < 1.29 is 4.79 Å². The van der Waals surface area contributed by atoms with Crippen LogP contribution >= 0.6 is 43.5 Å². The van der Waals surface area contributed by atoms with Gasteiger partial charge in [0.25, 0.3) is 5.91 Å². The molecule has 0 aliphatic carbocycles. The molecule has 1 aromatic heterocycles. The maximum atomic E-state index is 11.9. The topological polar surface area (TPSA) is 42.0 Å². The van der Waals surface area contributed by atoms with E-state index in [2.05, 4.69) is 42.2 Å². The Labute approximate surface area is 126 Å². The van der Waals surface area contributed by atoms with Crippen LogP contribution in [-0.2, 0) is 0 Å². The van der Waals surface area contributed by atoms with E-state index in [1.807, 2.05) is 0 Å². The minimum atomic E-state index is -0.251. The van der Waals surface area contributed by atoms with Crippen molar-refractivity contribution >= 4 is 55.1 Å². The molecule has 0 spiro atoms. The van der Waals surface area contributed by atoms with Crippen molar-refractivity contribution in [3.05, 3.63) is 56.2 Å². The zero-order chi connectivity index (χ0) is 13.1. The monoisotopic (exact) mass is 388 g/mol. The Morgan fingerprint density at radius 1 is 1.22 bits per heavy atom. The Balaban J connectivity index is 2.18. The molecule has 0 unspecified atom stereocenters. The fraction of sp³-hybridized carbons (Fsp3) is 0. The van der Waals surface area contributed by atoms with Crippen molar-refractivity contribution in [2.45, 2.75) is 0 Å². The summed E-state index contributed by atoms with van der Waals surface area (Å²) in [6.45, 7) is 0. The number of carbonyl (C=O) groups excluding carboxylic acids is 1. The summed E-state index contributed by atoms with van der Waals surface area (Å²) >= 11 is 12.5. The number of halogens is 3. The second-order valence-electron chi connectivity index (χ2n) is 3.45. The van der Waals surface area contributed by atoms with E-state index in [0.29, 0.717) is 20.9 Å². The first kappa shape index (κ1) is 13.5. The predicted octanol–water partition coefficient (Wildman–Crippen LogP) is 4.51. The second kappa shape index (κ2) is 5.82. The zero-order valence-corrected chi connectivity index (χ0v) is 12.9. The minimum absolute atomic E-state index is 0.251. The van der Waals surface area contributed by atoms with E-state index in [1.165, 1.54) is 6.20 Å². The van der Waals surface area contributed by atoms with E-state index in [9.17, 15) is 4.79 Å². The second-order valence-corrected chi connectivity index (χ2v) is 5.58. The van der Waals surface area contributed by atoms with E-state index in [4.69, 9.17) is 11.6 Å². The van der Waals surface area contributed by atoms with Crippen LogP contribution in [0, 0.1) is 0 Å². The Morgan fingerprint density at radius 2 is 2.00 bits per heavy atom. The lowest BCUT2D eigenvalue weighted by Gasteiger charge is -2.07. The van der Waals surface area contributed by atoms with Crippen LogP contribution in [0.2, 0.25) is 5.02 Å². The number of hydrogen-bond acceptors (Lipinski definition) is 2. The van der Waals surface area contributed by atoms with Crippen LogP contribution in [0.4, 0.5) is 5.69 Å². The molecule has 0 saturated heterocycles. The molecule has 1 amide bonds. The molecule has 1 aromatic carbocycles. The van der Waals surface area contributed by atoms with Crippen LogP contribution in [0.3, 0.4) is 0 Å². The standard InChI is InChI=1S/C12H7Br2ClN2O/c13-8-2-3-10(9(15)5-8)17-12(18)7-1-4-11(14)16-6-7/h1-6H,(H,17,18). The normalized spacial score (nSPS) is 10.2. The van der Waals surface area contributed by atoms with Crippen molar-refractivity contribution in [3.63, 3.8) is 0 Å². The van der Waals surface area contributed by atoms with Gasteiger partial charge in [-0.15, -0.1) is 0 Å². The van der Waals surface area contributed by atoms with Gasteiger partial charge in [-0.3, -0.25) is 4.79 Å². The summed E-state index contributed by atoms with van der Waals surface area (Å²) in [6, 6.07) is 8.65. The quantitative estimate of drug-likeness (QED) is 0.767. The summed E-state index contributed by atoms with van der Waals surface area (Å²) in [5, 5.41) is 3.20. The summed E-state index contributed by atoms with van der Waals surface area (Å²) in [5.41, 5.74) is 1.03. The molecule has 92 valence electrons. The summed E-state index contributed by atoms with van der Waals surface area (Å²) in [5.74, 6) is -0.251. The van der Waals surface area contributed by atoms with Crippen molar-refractivity contribution in [2.75, 3.05) is 5.32 Å². The lowest BCUT2D eigenvalue weighted by Crippen LogP contribution is -2.12. The highest BCUT2D eigenvalue weighted by Crippen LogP contribution is 2.26. The SMILES string of the molecule is O=C(Nc1ccc(Br)cc1Cl)c1ccc(Br)nc1. The predicted molar refractivity (Wildman–Crippen MR) is 79.0 cm³/mol. The molecule has 0 bridgehead atoms. The van der Waals surface area contributed by atoms with Gasteiger partial charge in [0.2, 0.25) is 0 Å². The maximum Gasteiger partial charge on any atom is 0.257 e. The third-order valence-electron chi connectivity index (χ3n) is 2.17. The van der Waals surface area contributed by atoms with Crippen LogP contribution in [0.25, 0.3) is 0 Å². The van der Waals surface area contributed by atoms with Crippen molar-refractivity contribution in [3.8, 4) is 0 Å². The molecule has 0 atom stereocenters. The van der Waals surface area contributed by atoms with E-state index in [-0.39, 0.29) is 5.91 Å². The summed E-state index contributed by atoms with van der Waals surface area (Å²) < 4.78 is 1.54. The van der Waals surface area contributed by atoms with Crippen LogP contribution in [0.15, 0.2) is 45.6 Å². The number of anilines is 1. The number of carbonyl (C=O) groups is 1. The number of rotatable bonds is 2. The molecular weight excluding hydrogens is 383 g/mol. The highest BCUT2D eigenvalue weighted by molar-refractivity contribution is 9.10. The molecule has 0 fully saturated rings. The Kier molecular flexibility index (Phi) is 4.37. The molecule has 2 rings (SSSR count). The number of aromatic nitrogens is 1. The molecular formula is C12H7Br2ClN2O. The van der Waals surface area contributed by atoms with Crippen molar-refractivity contribution in [1.82, 2.24) is 4.98 Å². The van der Waals surface area contributed by atoms with Gasteiger partial charge < -0.3 is 5.32 Å². The van der Waals surface area contributed by atoms with Gasteiger partial charge >= 0.3 is 0 Å². The van der Waals surface area contributed by atoms with Gasteiger partial charge in [0.15, 0.2) is 0 Å². The van der Waals surface area contributed by atoms with Crippen molar-refractivity contribution in [2.24, 2.45) is 0 Å². The van der Waals surface area contributed by atoms with Gasteiger partial charge in [-0.2, -0.15) is 0 Å². The number of amides is 1. The zero-order valence-electron chi connectivity index (χ0n) is 8.95. The number of nitrogens with zero attached hydrogens (tertiary/aromatic N) is 1. The Bertz CT molecular complexity index is 587. The molecule has 0 saturated carbocycles. The van der Waals surface area contributed by atoms with Gasteiger partial charge in [0, 0.05) is 10.7 Å². The maximum absolute atomic E-state index is 11.9. The lowest BCUT2D eigenvalue weighted by molar-refractivity contribution is 0.102. The molecule has 0 radical (unpaired) electrons. The largest absolute Gasteiger partial charge is 0.321 e. The van der Waals surface area contributed by atoms with Gasteiger partial charge in [0.05, 0.1) is 16.3 Å². The van der Waals surface area contributed by atoms with E-state index in [0.717, 1.165) is 4.47 Å². The first-order valence-corrected chi connectivity index (χ1v) is 6.90. The molecule has 18 heavy (non-hydrogen) atoms. The third-order valence-corrected chi connectivity index (χ3v) is 3.44. The molecule has 6 heteroatoms. The Hall–Kier alpha value is -0.910. The molecule has 0 aliphatic heterocycles. The average molecular weight is 390 g/mol. The lowest BCUT2D eigenvalue weighted by atomic mass is 10.2. The fourth-order valence-electron chi connectivity index (χ4n) is 1.30. The number of benzene rings is 1. The van der Waals surface area contributed by atoms with Crippen LogP contribution in [0.5, 0.6) is 0 Å². The highest BCUT2D eigenvalue weighted by Gasteiger charge is 2.09. The molecule has 2 aromatic rings. The third kappa shape index (κ3) is 3.31. The minimum Gasteiger partial charge on any atom is -0.321 e.